The Morgan fingerprint density at radius 1 is 1.56 bits per heavy atom. The molecular formula is C10H12N4OS. The summed E-state index contributed by atoms with van der Waals surface area (Å²) in [5.41, 5.74) is 0.306. The van der Waals surface area contributed by atoms with Crippen molar-refractivity contribution in [3.63, 3.8) is 0 Å². The van der Waals surface area contributed by atoms with Crippen LogP contribution in [0.15, 0.2) is 18.3 Å². The normalized spacial score (nSPS) is 12.4. The molecule has 0 aliphatic rings. The van der Waals surface area contributed by atoms with Crippen molar-refractivity contribution >= 4 is 17.2 Å². The standard InChI is InChI=1S/C10H12N4OS/c1-6-3-4-9(16-6)7(2)12-10(15)8-5-11-14-13-8/h3-5,7H,1-2H3,(H,12,15)(H,11,13,14). The molecule has 0 saturated heterocycles. The fourth-order valence-corrected chi connectivity index (χ4v) is 2.22. The molecule has 5 nitrogen and oxygen atoms in total. The lowest BCUT2D eigenvalue weighted by Crippen LogP contribution is -2.26. The summed E-state index contributed by atoms with van der Waals surface area (Å²) in [5.74, 6) is -0.215. The fourth-order valence-electron chi connectivity index (χ4n) is 1.34. The van der Waals surface area contributed by atoms with E-state index in [-0.39, 0.29) is 11.9 Å². The number of aryl methyl sites for hydroxylation is 1. The molecule has 84 valence electrons. The Labute approximate surface area is 96.9 Å². The lowest BCUT2D eigenvalue weighted by atomic mass is 10.2. The van der Waals surface area contributed by atoms with Gasteiger partial charge >= 0.3 is 0 Å². The highest BCUT2D eigenvalue weighted by Gasteiger charge is 2.14. The van der Waals surface area contributed by atoms with Crippen LogP contribution in [0.5, 0.6) is 0 Å². The highest BCUT2D eigenvalue weighted by molar-refractivity contribution is 7.12. The first kappa shape index (κ1) is 10.8. The number of carbonyl (C=O) groups excluding carboxylic acids is 1. The molecule has 0 radical (unpaired) electrons. The molecule has 2 aromatic rings. The van der Waals surface area contributed by atoms with Crippen LogP contribution in [0.1, 0.15) is 33.2 Å². The van der Waals surface area contributed by atoms with Gasteiger partial charge in [-0.05, 0) is 26.0 Å². The number of aromatic nitrogens is 3. The molecule has 1 atom stereocenters. The van der Waals surface area contributed by atoms with Crippen LogP contribution in [0.3, 0.4) is 0 Å². The molecule has 2 N–H and O–H groups in total. The topological polar surface area (TPSA) is 70.7 Å². The van der Waals surface area contributed by atoms with Gasteiger partial charge in [-0.1, -0.05) is 0 Å². The van der Waals surface area contributed by atoms with E-state index in [1.165, 1.54) is 11.1 Å². The number of H-pyrrole nitrogens is 1. The minimum atomic E-state index is -0.215. The highest BCUT2D eigenvalue weighted by atomic mass is 32.1. The monoisotopic (exact) mass is 236 g/mol. The number of carbonyl (C=O) groups is 1. The Balaban J connectivity index is 2.03. The van der Waals surface area contributed by atoms with Crippen LogP contribution in [-0.2, 0) is 0 Å². The van der Waals surface area contributed by atoms with E-state index >= 15 is 0 Å². The van der Waals surface area contributed by atoms with Gasteiger partial charge in [0.2, 0.25) is 0 Å². The molecule has 0 bridgehead atoms. The molecule has 0 aliphatic carbocycles. The van der Waals surface area contributed by atoms with Crippen molar-refractivity contribution in [2.24, 2.45) is 0 Å². The number of amides is 1. The largest absolute Gasteiger partial charge is 0.343 e. The third-order valence-electron chi connectivity index (χ3n) is 2.18. The molecule has 0 aliphatic heterocycles. The molecule has 1 unspecified atom stereocenters. The lowest BCUT2D eigenvalue weighted by molar-refractivity contribution is 0.0935. The maximum absolute atomic E-state index is 11.7. The summed E-state index contributed by atoms with van der Waals surface area (Å²) in [4.78, 5) is 14.0. The summed E-state index contributed by atoms with van der Waals surface area (Å²) in [5, 5.41) is 12.6. The Morgan fingerprint density at radius 2 is 2.38 bits per heavy atom. The van der Waals surface area contributed by atoms with Crippen LogP contribution < -0.4 is 5.32 Å². The predicted octanol–water partition coefficient (Wildman–Crippen LogP) is 1.67. The first-order valence-electron chi connectivity index (χ1n) is 4.90. The van der Waals surface area contributed by atoms with Crippen molar-refractivity contribution in [3.8, 4) is 0 Å². The second-order valence-corrected chi connectivity index (χ2v) is 4.82. The van der Waals surface area contributed by atoms with Crippen LogP contribution in [0.4, 0.5) is 0 Å². The molecule has 0 aromatic carbocycles. The average Bonchev–Trinajstić information content (AvgIpc) is 2.87. The Morgan fingerprint density at radius 3 is 2.94 bits per heavy atom. The Hall–Kier alpha value is -1.69. The third kappa shape index (κ3) is 2.27. The van der Waals surface area contributed by atoms with Gasteiger partial charge in [0.15, 0.2) is 5.69 Å². The molecule has 2 aromatic heterocycles. The molecule has 0 saturated carbocycles. The van der Waals surface area contributed by atoms with E-state index in [1.54, 1.807) is 11.3 Å². The summed E-state index contributed by atoms with van der Waals surface area (Å²) < 4.78 is 0. The van der Waals surface area contributed by atoms with Crippen molar-refractivity contribution < 1.29 is 4.79 Å². The van der Waals surface area contributed by atoms with Gasteiger partial charge in [0.05, 0.1) is 12.2 Å². The van der Waals surface area contributed by atoms with E-state index in [9.17, 15) is 4.79 Å². The number of aromatic amines is 1. The summed E-state index contributed by atoms with van der Waals surface area (Å²) in [7, 11) is 0. The van der Waals surface area contributed by atoms with E-state index in [4.69, 9.17) is 0 Å². The van der Waals surface area contributed by atoms with Gasteiger partial charge in [-0.25, -0.2) is 0 Å². The molecule has 0 fully saturated rings. The van der Waals surface area contributed by atoms with Crippen LogP contribution in [0.25, 0.3) is 0 Å². The molecule has 2 rings (SSSR count). The summed E-state index contributed by atoms with van der Waals surface area (Å²) in [6.07, 6.45) is 1.40. The van der Waals surface area contributed by atoms with E-state index < -0.39 is 0 Å². The number of nitrogens with zero attached hydrogens (tertiary/aromatic N) is 2. The van der Waals surface area contributed by atoms with Crippen molar-refractivity contribution in [2.45, 2.75) is 19.9 Å². The molecule has 6 heteroatoms. The van der Waals surface area contributed by atoms with E-state index in [2.05, 4.69) is 20.7 Å². The zero-order valence-electron chi connectivity index (χ0n) is 9.02. The van der Waals surface area contributed by atoms with E-state index in [1.807, 2.05) is 26.0 Å². The molecular weight excluding hydrogens is 224 g/mol. The first-order valence-corrected chi connectivity index (χ1v) is 5.71. The van der Waals surface area contributed by atoms with Crippen LogP contribution in [0, 0.1) is 6.92 Å². The Bertz CT molecular complexity index is 477. The van der Waals surface area contributed by atoms with Gasteiger partial charge in [0.1, 0.15) is 0 Å². The zero-order valence-corrected chi connectivity index (χ0v) is 9.84. The smallest absolute Gasteiger partial charge is 0.273 e. The summed E-state index contributed by atoms with van der Waals surface area (Å²) >= 11 is 1.68. The minimum Gasteiger partial charge on any atom is -0.343 e. The van der Waals surface area contributed by atoms with E-state index in [0.29, 0.717) is 5.69 Å². The van der Waals surface area contributed by atoms with Gasteiger partial charge in [0.25, 0.3) is 5.91 Å². The van der Waals surface area contributed by atoms with E-state index in [0.717, 1.165) is 4.88 Å². The summed E-state index contributed by atoms with van der Waals surface area (Å²) in [6, 6.07) is 4.05. The lowest BCUT2D eigenvalue weighted by Gasteiger charge is -2.10. The predicted molar refractivity (Wildman–Crippen MR) is 61.3 cm³/mol. The van der Waals surface area contributed by atoms with Gasteiger partial charge in [-0.3, -0.25) is 4.79 Å². The van der Waals surface area contributed by atoms with Crippen LogP contribution in [-0.4, -0.2) is 21.3 Å². The first-order chi connectivity index (χ1) is 7.66. The zero-order chi connectivity index (χ0) is 11.5. The van der Waals surface area contributed by atoms with Crippen LogP contribution in [0.2, 0.25) is 0 Å². The number of nitrogens with one attached hydrogen (secondary N) is 2. The van der Waals surface area contributed by atoms with Gasteiger partial charge in [0, 0.05) is 9.75 Å². The quantitative estimate of drug-likeness (QED) is 0.851. The fraction of sp³-hybridized carbons (Fsp3) is 0.300. The second kappa shape index (κ2) is 4.44. The van der Waals surface area contributed by atoms with Gasteiger partial charge in [-0.2, -0.15) is 15.4 Å². The second-order valence-electron chi connectivity index (χ2n) is 3.50. The van der Waals surface area contributed by atoms with Crippen molar-refractivity contribution in [3.05, 3.63) is 33.8 Å². The maximum Gasteiger partial charge on any atom is 0.273 e. The number of thiophene rings is 1. The summed E-state index contributed by atoms with van der Waals surface area (Å²) in [6.45, 7) is 3.99. The number of rotatable bonds is 3. The molecule has 1 amide bonds. The van der Waals surface area contributed by atoms with Crippen molar-refractivity contribution in [1.29, 1.82) is 0 Å². The van der Waals surface area contributed by atoms with Gasteiger partial charge in [-0.15, -0.1) is 11.3 Å². The molecule has 0 spiro atoms. The van der Waals surface area contributed by atoms with Crippen molar-refractivity contribution in [2.75, 3.05) is 0 Å². The minimum absolute atomic E-state index is 0.0112. The number of hydrogen-bond acceptors (Lipinski definition) is 4. The third-order valence-corrected chi connectivity index (χ3v) is 3.37. The van der Waals surface area contributed by atoms with Crippen LogP contribution >= 0.6 is 11.3 Å². The van der Waals surface area contributed by atoms with Gasteiger partial charge < -0.3 is 5.32 Å². The Kier molecular flexibility index (Phi) is 3.00. The SMILES string of the molecule is Cc1ccc(C(C)NC(=O)c2cn[nH]n2)s1. The average molecular weight is 236 g/mol. The molecule has 2 heterocycles. The number of hydrogen-bond donors (Lipinski definition) is 2. The maximum atomic E-state index is 11.7. The molecule has 16 heavy (non-hydrogen) atoms. The highest BCUT2D eigenvalue weighted by Crippen LogP contribution is 2.22. The van der Waals surface area contributed by atoms with Crippen molar-refractivity contribution in [1.82, 2.24) is 20.7 Å².